The van der Waals surface area contributed by atoms with E-state index in [1.807, 2.05) is 30.3 Å². The number of hydrogen-bond acceptors (Lipinski definition) is 6. The standard InChI is InChI=1S/C23H25ClFN5O/c24-17-3-6-19-20(11-17)26-15-27-23(19)30-13-21(22(31)14-30)29-9-7-28(8-10-29)12-16-1-4-18(25)5-2-16/h1-6,11,15,21-22,31H,7-10,12-14H2. The van der Waals surface area contributed by atoms with E-state index in [1.54, 1.807) is 6.33 Å². The monoisotopic (exact) mass is 441 g/mol. The van der Waals surface area contributed by atoms with E-state index in [-0.39, 0.29) is 11.9 Å². The summed E-state index contributed by atoms with van der Waals surface area (Å²) in [7, 11) is 0. The van der Waals surface area contributed by atoms with Crippen molar-refractivity contribution in [1.29, 1.82) is 0 Å². The molecule has 2 aliphatic rings. The maximum Gasteiger partial charge on any atom is 0.140 e. The van der Waals surface area contributed by atoms with E-state index in [0.29, 0.717) is 11.6 Å². The minimum atomic E-state index is -0.430. The van der Waals surface area contributed by atoms with Crippen molar-refractivity contribution in [2.45, 2.75) is 18.7 Å². The van der Waals surface area contributed by atoms with Crippen molar-refractivity contribution in [2.75, 3.05) is 44.2 Å². The van der Waals surface area contributed by atoms with Gasteiger partial charge < -0.3 is 10.0 Å². The van der Waals surface area contributed by atoms with Gasteiger partial charge in [-0.05, 0) is 35.9 Å². The Labute approximate surface area is 185 Å². The van der Waals surface area contributed by atoms with Crippen LogP contribution in [0.4, 0.5) is 10.2 Å². The van der Waals surface area contributed by atoms with E-state index in [9.17, 15) is 9.50 Å². The lowest BCUT2D eigenvalue weighted by molar-refractivity contribution is 0.0424. The number of rotatable bonds is 4. The molecule has 1 aromatic heterocycles. The third-order valence-corrected chi connectivity index (χ3v) is 6.57. The van der Waals surface area contributed by atoms with Crippen molar-refractivity contribution in [1.82, 2.24) is 19.8 Å². The Kier molecular flexibility index (Phi) is 5.75. The molecule has 2 saturated heterocycles. The van der Waals surface area contributed by atoms with Crippen LogP contribution in [0.3, 0.4) is 0 Å². The van der Waals surface area contributed by atoms with Gasteiger partial charge in [-0.1, -0.05) is 23.7 Å². The number of fused-ring (bicyclic) bond motifs is 1. The van der Waals surface area contributed by atoms with Crippen LogP contribution in [0, 0.1) is 5.82 Å². The highest BCUT2D eigenvalue weighted by Crippen LogP contribution is 2.29. The Bertz CT molecular complexity index is 1060. The first kappa shape index (κ1) is 20.6. The molecule has 5 rings (SSSR count). The normalized spacial score (nSPS) is 23.0. The van der Waals surface area contributed by atoms with Crippen molar-refractivity contribution in [3.05, 3.63) is 65.2 Å². The second kappa shape index (κ2) is 8.67. The van der Waals surface area contributed by atoms with Crippen molar-refractivity contribution in [2.24, 2.45) is 0 Å². The van der Waals surface area contributed by atoms with Crippen LogP contribution in [-0.4, -0.2) is 76.3 Å². The maximum absolute atomic E-state index is 13.1. The van der Waals surface area contributed by atoms with Gasteiger partial charge in [-0.25, -0.2) is 14.4 Å². The van der Waals surface area contributed by atoms with Gasteiger partial charge in [-0.2, -0.15) is 0 Å². The molecule has 0 spiro atoms. The fourth-order valence-corrected chi connectivity index (χ4v) is 4.84. The lowest BCUT2D eigenvalue weighted by Crippen LogP contribution is -2.53. The highest BCUT2D eigenvalue weighted by atomic mass is 35.5. The molecule has 3 aromatic rings. The molecule has 2 aromatic carbocycles. The van der Waals surface area contributed by atoms with E-state index >= 15 is 0 Å². The van der Waals surface area contributed by atoms with Crippen LogP contribution in [0.25, 0.3) is 10.9 Å². The molecule has 0 bridgehead atoms. The van der Waals surface area contributed by atoms with Gasteiger partial charge in [-0.3, -0.25) is 9.80 Å². The molecule has 0 saturated carbocycles. The van der Waals surface area contributed by atoms with Crippen LogP contribution in [0.15, 0.2) is 48.8 Å². The number of aromatic nitrogens is 2. The Morgan fingerprint density at radius 3 is 2.55 bits per heavy atom. The van der Waals surface area contributed by atoms with Crippen LogP contribution in [-0.2, 0) is 6.54 Å². The van der Waals surface area contributed by atoms with Gasteiger partial charge in [0.25, 0.3) is 0 Å². The van der Waals surface area contributed by atoms with Crippen molar-refractivity contribution in [3.8, 4) is 0 Å². The summed E-state index contributed by atoms with van der Waals surface area (Å²) >= 11 is 6.11. The summed E-state index contributed by atoms with van der Waals surface area (Å²) in [5.41, 5.74) is 1.93. The van der Waals surface area contributed by atoms with Crippen molar-refractivity contribution in [3.63, 3.8) is 0 Å². The summed E-state index contributed by atoms with van der Waals surface area (Å²) in [6, 6.07) is 12.4. The first-order valence-electron chi connectivity index (χ1n) is 10.6. The molecule has 2 fully saturated rings. The molecule has 2 unspecified atom stereocenters. The van der Waals surface area contributed by atoms with E-state index in [0.717, 1.165) is 61.6 Å². The fourth-order valence-electron chi connectivity index (χ4n) is 4.67. The molecule has 1 N–H and O–H groups in total. The maximum atomic E-state index is 13.1. The van der Waals surface area contributed by atoms with E-state index in [1.165, 1.54) is 12.1 Å². The average molecular weight is 442 g/mol. The van der Waals surface area contributed by atoms with Gasteiger partial charge in [-0.15, -0.1) is 0 Å². The SMILES string of the molecule is OC1CN(c2ncnc3cc(Cl)ccc23)CC1N1CCN(Cc2ccc(F)cc2)CC1. The minimum Gasteiger partial charge on any atom is -0.390 e. The summed E-state index contributed by atoms with van der Waals surface area (Å²) in [6.07, 6.45) is 1.13. The van der Waals surface area contributed by atoms with Gasteiger partial charge in [0.05, 0.1) is 17.7 Å². The number of anilines is 1. The van der Waals surface area contributed by atoms with E-state index < -0.39 is 6.10 Å². The van der Waals surface area contributed by atoms with Gasteiger partial charge in [0, 0.05) is 56.2 Å². The molecule has 0 aliphatic carbocycles. The van der Waals surface area contributed by atoms with Crippen LogP contribution in [0.5, 0.6) is 0 Å². The Morgan fingerprint density at radius 1 is 1.00 bits per heavy atom. The van der Waals surface area contributed by atoms with Gasteiger partial charge in [0.1, 0.15) is 18.0 Å². The molecular formula is C23H25ClFN5O. The molecule has 31 heavy (non-hydrogen) atoms. The van der Waals surface area contributed by atoms with Crippen molar-refractivity contribution >= 4 is 28.3 Å². The Balaban J connectivity index is 1.23. The van der Waals surface area contributed by atoms with Crippen LogP contribution >= 0.6 is 11.6 Å². The second-order valence-corrected chi connectivity index (χ2v) is 8.77. The fraction of sp³-hybridized carbons (Fsp3) is 0.391. The second-order valence-electron chi connectivity index (χ2n) is 8.34. The van der Waals surface area contributed by atoms with Crippen LogP contribution in [0.1, 0.15) is 5.56 Å². The Morgan fingerprint density at radius 2 is 1.77 bits per heavy atom. The number of halogens is 2. The molecule has 8 heteroatoms. The quantitative estimate of drug-likeness (QED) is 0.672. The molecular weight excluding hydrogens is 417 g/mol. The first-order valence-corrected chi connectivity index (χ1v) is 11.0. The number of hydrogen-bond donors (Lipinski definition) is 1. The average Bonchev–Trinajstić information content (AvgIpc) is 3.16. The zero-order valence-corrected chi connectivity index (χ0v) is 17.9. The largest absolute Gasteiger partial charge is 0.390 e. The summed E-state index contributed by atoms with van der Waals surface area (Å²) < 4.78 is 13.1. The highest BCUT2D eigenvalue weighted by molar-refractivity contribution is 6.31. The third-order valence-electron chi connectivity index (χ3n) is 6.33. The van der Waals surface area contributed by atoms with E-state index in [4.69, 9.17) is 11.6 Å². The topological polar surface area (TPSA) is 55.7 Å². The number of piperazine rings is 1. The molecule has 0 radical (unpaired) electrons. The van der Waals surface area contributed by atoms with E-state index in [2.05, 4.69) is 24.7 Å². The molecule has 2 atom stereocenters. The first-order chi connectivity index (χ1) is 15.1. The Hall–Kier alpha value is -2.32. The van der Waals surface area contributed by atoms with Crippen LogP contribution in [0.2, 0.25) is 5.02 Å². The summed E-state index contributed by atoms with van der Waals surface area (Å²) in [6.45, 7) is 5.75. The van der Waals surface area contributed by atoms with Gasteiger partial charge in [0.15, 0.2) is 0 Å². The number of aliphatic hydroxyl groups is 1. The molecule has 6 nitrogen and oxygen atoms in total. The zero-order valence-electron chi connectivity index (χ0n) is 17.2. The van der Waals surface area contributed by atoms with Gasteiger partial charge in [0.2, 0.25) is 0 Å². The minimum absolute atomic E-state index is 0.0743. The molecule has 0 amide bonds. The zero-order chi connectivity index (χ0) is 21.4. The highest BCUT2D eigenvalue weighted by Gasteiger charge is 2.37. The molecule has 3 heterocycles. The lowest BCUT2D eigenvalue weighted by Gasteiger charge is -2.38. The molecule has 2 aliphatic heterocycles. The number of nitrogens with zero attached hydrogens (tertiary/aromatic N) is 5. The number of β-amino-alcohol motifs (C(OH)–C–C–N with tert-alkyl or cyclic N) is 1. The summed E-state index contributed by atoms with van der Waals surface area (Å²) in [5, 5.41) is 12.4. The predicted molar refractivity (Wildman–Crippen MR) is 120 cm³/mol. The smallest absolute Gasteiger partial charge is 0.140 e. The third kappa shape index (κ3) is 4.36. The van der Waals surface area contributed by atoms with Crippen molar-refractivity contribution < 1.29 is 9.50 Å². The predicted octanol–water partition coefficient (Wildman–Crippen LogP) is 2.79. The number of aliphatic hydroxyl groups excluding tert-OH is 1. The summed E-state index contributed by atoms with van der Waals surface area (Å²) in [4.78, 5) is 15.7. The molecule has 162 valence electrons. The van der Waals surface area contributed by atoms with Gasteiger partial charge >= 0.3 is 0 Å². The van der Waals surface area contributed by atoms with Crippen LogP contribution < -0.4 is 4.90 Å². The number of benzene rings is 2. The summed E-state index contributed by atoms with van der Waals surface area (Å²) in [5.74, 6) is 0.645. The lowest BCUT2D eigenvalue weighted by atomic mass is 10.1.